The lowest BCUT2D eigenvalue weighted by Crippen LogP contribution is -2.34. The van der Waals surface area contributed by atoms with Gasteiger partial charge >= 0.3 is 0 Å². The van der Waals surface area contributed by atoms with Crippen LogP contribution in [0.3, 0.4) is 0 Å². The minimum absolute atomic E-state index is 0.115. The fourth-order valence-electron chi connectivity index (χ4n) is 2.12. The van der Waals surface area contributed by atoms with Crippen molar-refractivity contribution >= 4 is 33.4 Å². The molecule has 1 N–H and O–H groups in total. The Balaban J connectivity index is 2.21. The second kappa shape index (κ2) is 5.28. The van der Waals surface area contributed by atoms with Gasteiger partial charge in [0.1, 0.15) is 11.9 Å². The number of hydrogen-bond donors (Lipinski definition) is 1. The van der Waals surface area contributed by atoms with E-state index >= 15 is 0 Å². The summed E-state index contributed by atoms with van der Waals surface area (Å²) in [5.41, 5.74) is 1.34. The predicted molar refractivity (Wildman–Crippen MR) is 73.3 cm³/mol. The molecule has 1 aliphatic heterocycles. The highest BCUT2D eigenvalue weighted by Crippen LogP contribution is 2.26. The van der Waals surface area contributed by atoms with Gasteiger partial charge in [0.15, 0.2) is 0 Å². The molecule has 6 heteroatoms. The van der Waals surface area contributed by atoms with Crippen molar-refractivity contribution in [2.75, 3.05) is 11.9 Å². The van der Waals surface area contributed by atoms with Crippen LogP contribution in [-0.4, -0.2) is 29.3 Å². The van der Waals surface area contributed by atoms with Gasteiger partial charge in [-0.15, -0.1) is 0 Å². The van der Waals surface area contributed by atoms with Gasteiger partial charge in [0.05, 0.1) is 10.9 Å². The molecule has 1 aromatic rings. The topological polar surface area (TPSA) is 49.4 Å². The van der Waals surface area contributed by atoms with Crippen molar-refractivity contribution in [3.63, 3.8) is 0 Å². The smallest absolute Gasteiger partial charge is 0.252 e. The van der Waals surface area contributed by atoms with Crippen LogP contribution in [0.25, 0.3) is 0 Å². The molecular formula is C13H14BrFN2O2. The van der Waals surface area contributed by atoms with Gasteiger partial charge in [0.2, 0.25) is 5.91 Å². The summed E-state index contributed by atoms with van der Waals surface area (Å²) in [5.74, 6) is -0.854. The number of aryl methyl sites for hydroxylation is 1. The Morgan fingerprint density at radius 3 is 2.74 bits per heavy atom. The summed E-state index contributed by atoms with van der Waals surface area (Å²) in [6.07, 6.45) is 0.115. The first-order valence-electron chi connectivity index (χ1n) is 6.00. The third kappa shape index (κ3) is 2.63. The molecule has 0 radical (unpaired) electrons. The van der Waals surface area contributed by atoms with E-state index in [0.717, 1.165) is 5.56 Å². The third-order valence-corrected chi connectivity index (χ3v) is 3.76. The molecule has 0 aromatic heterocycles. The summed E-state index contributed by atoms with van der Waals surface area (Å²) >= 11 is 3.10. The maximum absolute atomic E-state index is 13.5. The number of benzene rings is 1. The average Bonchev–Trinajstić information content (AvgIpc) is 2.61. The molecule has 1 fully saturated rings. The minimum Gasteiger partial charge on any atom is -0.373 e. The second-order valence-corrected chi connectivity index (χ2v) is 5.31. The van der Waals surface area contributed by atoms with Crippen LogP contribution in [0.4, 0.5) is 10.1 Å². The van der Waals surface area contributed by atoms with E-state index in [4.69, 9.17) is 0 Å². The number of likely N-dealkylation sites (N-methyl/N-ethyl adjacent to an activating group) is 1. The molecule has 2 amide bonds. The highest BCUT2D eigenvalue weighted by Gasteiger charge is 2.37. The Bertz CT molecular complexity index is 548. The molecule has 0 saturated carbocycles. The van der Waals surface area contributed by atoms with E-state index in [2.05, 4.69) is 21.2 Å². The monoisotopic (exact) mass is 328 g/mol. The van der Waals surface area contributed by atoms with E-state index in [-0.39, 0.29) is 18.2 Å². The number of hydrogen-bond acceptors (Lipinski definition) is 3. The van der Waals surface area contributed by atoms with Crippen molar-refractivity contribution in [1.29, 1.82) is 0 Å². The number of carbonyl (C=O) groups excluding carboxylic acids is 2. The van der Waals surface area contributed by atoms with Gasteiger partial charge in [-0.3, -0.25) is 14.5 Å². The number of carbonyl (C=O) groups is 2. The zero-order valence-electron chi connectivity index (χ0n) is 10.7. The van der Waals surface area contributed by atoms with Gasteiger partial charge in [-0.1, -0.05) is 0 Å². The van der Waals surface area contributed by atoms with Gasteiger partial charge < -0.3 is 5.32 Å². The Kier molecular flexibility index (Phi) is 3.89. The van der Waals surface area contributed by atoms with Crippen LogP contribution in [-0.2, 0) is 9.59 Å². The number of imide groups is 1. The van der Waals surface area contributed by atoms with E-state index in [9.17, 15) is 14.0 Å². The van der Waals surface area contributed by atoms with Crippen LogP contribution in [0.1, 0.15) is 18.9 Å². The Morgan fingerprint density at radius 1 is 1.47 bits per heavy atom. The number of nitrogens with zero attached hydrogens (tertiary/aromatic N) is 1. The summed E-state index contributed by atoms with van der Waals surface area (Å²) in [4.78, 5) is 24.8. The SMILES string of the molecule is CCN1C(=O)CC(Nc2cc(F)c(Br)cc2C)C1=O. The standard InChI is InChI=1S/C13H14BrFN2O2/c1-3-17-12(18)6-11(13(17)19)16-10-5-9(15)8(14)4-7(10)2/h4-5,11,16H,3,6H2,1-2H3. The summed E-state index contributed by atoms with van der Waals surface area (Å²) in [7, 11) is 0. The zero-order chi connectivity index (χ0) is 14.2. The molecule has 0 aliphatic carbocycles. The predicted octanol–water partition coefficient (Wildman–Crippen LogP) is 2.46. The summed E-state index contributed by atoms with van der Waals surface area (Å²) in [5, 5.41) is 2.95. The maximum atomic E-state index is 13.5. The van der Waals surface area contributed by atoms with Crippen molar-refractivity contribution in [3.8, 4) is 0 Å². The second-order valence-electron chi connectivity index (χ2n) is 4.46. The van der Waals surface area contributed by atoms with Gasteiger partial charge in [0, 0.05) is 12.2 Å². The van der Waals surface area contributed by atoms with Crippen molar-refractivity contribution in [1.82, 2.24) is 4.90 Å². The molecule has 102 valence electrons. The van der Waals surface area contributed by atoms with Crippen LogP contribution in [0.5, 0.6) is 0 Å². The summed E-state index contributed by atoms with van der Waals surface area (Å²) in [6.45, 7) is 3.93. The lowest BCUT2D eigenvalue weighted by molar-refractivity contribution is -0.138. The molecule has 2 rings (SSSR count). The van der Waals surface area contributed by atoms with Crippen molar-refractivity contribution in [2.24, 2.45) is 0 Å². The van der Waals surface area contributed by atoms with Gasteiger partial charge in [-0.2, -0.15) is 0 Å². The molecule has 1 aromatic carbocycles. The Morgan fingerprint density at radius 2 is 2.16 bits per heavy atom. The largest absolute Gasteiger partial charge is 0.373 e. The molecule has 1 unspecified atom stereocenters. The number of amides is 2. The quantitative estimate of drug-likeness (QED) is 0.867. The van der Waals surface area contributed by atoms with Crippen LogP contribution in [0, 0.1) is 12.7 Å². The zero-order valence-corrected chi connectivity index (χ0v) is 12.3. The van der Waals surface area contributed by atoms with E-state index in [0.29, 0.717) is 16.7 Å². The molecular weight excluding hydrogens is 315 g/mol. The van der Waals surface area contributed by atoms with Crippen molar-refractivity contribution in [2.45, 2.75) is 26.3 Å². The van der Waals surface area contributed by atoms with Gasteiger partial charge in [-0.25, -0.2) is 4.39 Å². The van der Waals surface area contributed by atoms with Crippen molar-refractivity contribution < 1.29 is 14.0 Å². The van der Waals surface area contributed by atoms with Crippen LogP contribution >= 0.6 is 15.9 Å². The minimum atomic E-state index is -0.605. The van der Waals surface area contributed by atoms with Gasteiger partial charge in [-0.05, 0) is 47.5 Å². The summed E-state index contributed by atoms with van der Waals surface area (Å²) < 4.78 is 13.9. The van der Waals surface area contributed by atoms with Crippen molar-refractivity contribution in [3.05, 3.63) is 28.0 Å². The summed E-state index contributed by atoms with van der Waals surface area (Å²) in [6, 6.07) is 2.36. The van der Waals surface area contributed by atoms with Gasteiger partial charge in [0.25, 0.3) is 5.91 Å². The number of likely N-dealkylation sites (tertiary alicyclic amines) is 1. The molecule has 4 nitrogen and oxygen atoms in total. The van der Waals surface area contributed by atoms with Crippen LogP contribution in [0.2, 0.25) is 0 Å². The third-order valence-electron chi connectivity index (χ3n) is 3.16. The van der Waals surface area contributed by atoms with Crippen LogP contribution < -0.4 is 5.32 Å². The first-order valence-corrected chi connectivity index (χ1v) is 6.79. The Labute approximate surface area is 119 Å². The first-order chi connectivity index (χ1) is 8.93. The molecule has 1 atom stereocenters. The molecule has 1 aliphatic rings. The average molecular weight is 329 g/mol. The normalized spacial score (nSPS) is 19.2. The lowest BCUT2D eigenvalue weighted by atomic mass is 10.1. The number of anilines is 1. The molecule has 0 spiro atoms. The molecule has 0 bridgehead atoms. The number of nitrogens with one attached hydrogen (secondary N) is 1. The number of halogens is 2. The fourth-order valence-corrected chi connectivity index (χ4v) is 2.58. The molecule has 1 saturated heterocycles. The first kappa shape index (κ1) is 14.0. The highest BCUT2D eigenvalue weighted by atomic mass is 79.9. The molecule has 19 heavy (non-hydrogen) atoms. The fraction of sp³-hybridized carbons (Fsp3) is 0.385. The Hall–Kier alpha value is -1.43. The van der Waals surface area contributed by atoms with E-state index < -0.39 is 11.9 Å². The van der Waals surface area contributed by atoms with E-state index in [1.54, 1.807) is 13.0 Å². The number of rotatable bonds is 3. The van der Waals surface area contributed by atoms with Crippen LogP contribution in [0.15, 0.2) is 16.6 Å². The highest BCUT2D eigenvalue weighted by molar-refractivity contribution is 9.10. The molecule has 1 heterocycles. The van der Waals surface area contributed by atoms with E-state index in [1.165, 1.54) is 11.0 Å². The lowest BCUT2D eigenvalue weighted by Gasteiger charge is -2.16. The van der Waals surface area contributed by atoms with E-state index in [1.807, 2.05) is 6.92 Å². The maximum Gasteiger partial charge on any atom is 0.252 e.